The molecule has 0 bridgehead atoms. The van der Waals surface area contributed by atoms with Gasteiger partial charge in [0.15, 0.2) is 0 Å². The number of ether oxygens (including phenoxy) is 1. The van der Waals surface area contributed by atoms with E-state index in [4.69, 9.17) is 9.84 Å². The van der Waals surface area contributed by atoms with Crippen LogP contribution >= 0.6 is 0 Å². The number of halogens is 1. The smallest absolute Gasteiger partial charge is 0.410 e. The standard InChI is InChI=1S/C29H35FN4O6/c1-18(27(36)37)33(2)26(35)15-19-7-11-23(12-8-19)40-29(39)34-14-13-20-16-22(10-9-21(20)17-34)31-28(38)32-25-6-4-3-5-24(25)30/h3-6,9-10,16,18-19,23H,7-8,11-15,17H2,1-2H3,(H,36,37)(H2,31,32,38). The maximum absolute atomic E-state index is 13.8. The number of carbonyl (C=O) groups excluding carboxylic acids is 3. The summed E-state index contributed by atoms with van der Waals surface area (Å²) in [5.74, 6) is -1.60. The van der Waals surface area contributed by atoms with Gasteiger partial charge in [0.25, 0.3) is 0 Å². The molecular weight excluding hydrogens is 519 g/mol. The van der Waals surface area contributed by atoms with Crippen molar-refractivity contribution in [3.63, 3.8) is 0 Å². The average Bonchev–Trinajstić information content (AvgIpc) is 2.94. The van der Waals surface area contributed by atoms with Crippen LogP contribution in [-0.4, -0.2) is 64.6 Å². The van der Waals surface area contributed by atoms with Crippen molar-refractivity contribution < 1.29 is 33.4 Å². The topological polar surface area (TPSA) is 128 Å². The average molecular weight is 555 g/mol. The number of aliphatic carboxylic acids is 1. The Bertz CT molecular complexity index is 1260. The van der Waals surface area contributed by atoms with Crippen LogP contribution in [0.2, 0.25) is 0 Å². The molecular formula is C29H35FN4O6. The molecule has 2 aromatic rings. The zero-order valence-electron chi connectivity index (χ0n) is 22.7. The zero-order valence-corrected chi connectivity index (χ0v) is 22.7. The van der Waals surface area contributed by atoms with Crippen molar-refractivity contribution in [1.29, 1.82) is 0 Å². The van der Waals surface area contributed by atoms with Crippen molar-refractivity contribution in [2.45, 2.75) is 64.1 Å². The summed E-state index contributed by atoms with van der Waals surface area (Å²) in [5, 5.41) is 14.3. The van der Waals surface area contributed by atoms with Gasteiger partial charge < -0.3 is 30.3 Å². The second-order valence-corrected chi connectivity index (χ2v) is 10.5. The highest BCUT2D eigenvalue weighted by atomic mass is 19.1. The number of urea groups is 1. The SMILES string of the molecule is CC(C(=O)O)N(C)C(=O)CC1CCC(OC(=O)N2CCc3cc(NC(=O)Nc4ccccc4F)ccc3C2)CC1. The molecule has 3 N–H and O–H groups in total. The monoisotopic (exact) mass is 554 g/mol. The summed E-state index contributed by atoms with van der Waals surface area (Å²) in [5.41, 5.74) is 2.64. The molecule has 0 saturated heterocycles. The van der Waals surface area contributed by atoms with Gasteiger partial charge in [0.1, 0.15) is 18.0 Å². The van der Waals surface area contributed by atoms with Crippen LogP contribution in [0.5, 0.6) is 0 Å². The normalized spacial score (nSPS) is 19.1. The van der Waals surface area contributed by atoms with E-state index in [-0.39, 0.29) is 29.7 Å². The Hall–Kier alpha value is -4.15. The van der Waals surface area contributed by atoms with E-state index in [0.717, 1.165) is 24.0 Å². The van der Waals surface area contributed by atoms with Crippen molar-refractivity contribution in [1.82, 2.24) is 9.80 Å². The van der Waals surface area contributed by atoms with Crippen molar-refractivity contribution >= 4 is 35.4 Å². The van der Waals surface area contributed by atoms with Crippen molar-refractivity contribution in [2.75, 3.05) is 24.2 Å². The van der Waals surface area contributed by atoms with E-state index in [2.05, 4.69) is 10.6 Å². The molecule has 214 valence electrons. The van der Waals surface area contributed by atoms with Gasteiger partial charge in [0.05, 0.1) is 5.69 Å². The lowest BCUT2D eigenvalue weighted by Gasteiger charge is -2.33. The lowest BCUT2D eigenvalue weighted by molar-refractivity contribution is -0.148. The molecule has 0 radical (unpaired) electrons. The first kappa shape index (κ1) is 28.8. The third-order valence-electron chi connectivity index (χ3n) is 7.71. The third-order valence-corrected chi connectivity index (χ3v) is 7.71. The first-order valence-electron chi connectivity index (χ1n) is 13.5. The number of nitrogens with one attached hydrogen (secondary N) is 2. The first-order valence-corrected chi connectivity index (χ1v) is 13.5. The van der Waals surface area contributed by atoms with Crippen LogP contribution in [-0.2, 0) is 27.3 Å². The molecule has 0 spiro atoms. The summed E-state index contributed by atoms with van der Waals surface area (Å²) in [6.45, 7) is 2.36. The number of hydrogen-bond acceptors (Lipinski definition) is 5. The van der Waals surface area contributed by atoms with Crippen LogP contribution in [0.1, 0.15) is 50.2 Å². The van der Waals surface area contributed by atoms with Crippen LogP contribution in [0.25, 0.3) is 0 Å². The highest BCUT2D eigenvalue weighted by molar-refractivity contribution is 5.99. The summed E-state index contributed by atoms with van der Waals surface area (Å²) < 4.78 is 19.6. The van der Waals surface area contributed by atoms with Crippen LogP contribution in [0, 0.1) is 11.7 Å². The van der Waals surface area contributed by atoms with Gasteiger partial charge >= 0.3 is 18.1 Å². The number of rotatable bonds is 7. The molecule has 2 aromatic carbocycles. The summed E-state index contributed by atoms with van der Waals surface area (Å²) in [6, 6.07) is 9.97. The lowest BCUT2D eigenvalue weighted by atomic mass is 9.85. The molecule has 1 aliphatic carbocycles. The Labute approximate surface area is 232 Å². The molecule has 40 heavy (non-hydrogen) atoms. The summed E-state index contributed by atoms with van der Waals surface area (Å²) >= 11 is 0. The Kier molecular flexibility index (Phi) is 9.23. The molecule has 1 aliphatic heterocycles. The minimum Gasteiger partial charge on any atom is -0.480 e. The minimum atomic E-state index is -1.03. The lowest BCUT2D eigenvalue weighted by Crippen LogP contribution is -2.41. The third kappa shape index (κ3) is 7.28. The molecule has 1 fully saturated rings. The molecule has 1 atom stereocenters. The number of fused-ring (bicyclic) bond motifs is 1. The fourth-order valence-corrected chi connectivity index (χ4v) is 5.08. The maximum Gasteiger partial charge on any atom is 0.410 e. The Balaban J connectivity index is 1.22. The fraction of sp³-hybridized carbons (Fsp3) is 0.448. The van der Waals surface area contributed by atoms with E-state index in [1.54, 1.807) is 23.1 Å². The Morgan fingerprint density at radius 1 is 1.07 bits per heavy atom. The number of amides is 4. The number of carboxylic acids is 1. The van der Waals surface area contributed by atoms with Gasteiger partial charge in [0.2, 0.25) is 5.91 Å². The van der Waals surface area contributed by atoms with Crippen molar-refractivity contribution in [3.05, 3.63) is 59.4 Å². The minimum absolute atomic E-state index is 0.0899. The molecule has 1 heterocycles. The number of carbonyl (C=O) groups is 4. The summed E-state index contributed by atoms with van der Waals surface area (Å²) in [4.78, 5) is 51.6. The van der Waals surface area contributed by atoms with E-state index in [1.165, 1.54) is 31.0 Å². The van der Waals surface area contributed by atoms with E-state index < -0.39 is 23.9 Å². The highest BCUT2D eigenvalue weighted by Crippen LogP contribution is 2.30. The van der Waals surface area contributed by atoms with Gasteiger partial charge in [-0.3, -0.25) is 4.79 Å². The molecule has 4 amide bonds. The Morgan fingerprint density at radius 3 is 2.50 bits per heavy atom. The predicted molar refractivity (Wildman–Crippen MR) is 146 cm³/mol. The summed E-state index contributed by atoms with van der Waals surface area (Å²) in [6.07, 6.45) is 3.12. The van der Waals surface area contributed by atoms with Gasteiger partial charge in [-0.15, -0.1) is 0 Å². The second-order valence-electron chi connectivity index (χ2n) is 10.5. The molecule has 11 heteroatoms. The van der Waals surface area contributed by atoms with Crippen LogP contribution in [0.4, 0.5) is 25.4 Å². The predicted octanol–water partition coefficient (Wildman–Crippen LogP) is 4.84. The molecule has 2 aliphatic rings. The summed E-state index contributed by atoms with van der Waals surface area (Å²) in [7, 11) is 1.51. The quantitative estimate of drug-likeness (QED) is 0.449. The number of para-hydroxylation sites is 1. The van der Waals surface area contributed by atoms with Crippen LogP contribution in [0.3, 0.4) is 0 Å². The maximum atomic E-state index is 13.8. The van der Waals surface area contributed by atoms with Gasteiger partial charge in [-0.2, -0.15) is 0 Å². The zero-order chi connectivity index (χ0) is 28.8. The number of benzene rings is 2. The molecule has 1 unspecified atom stereocenters. The first-order chi connectivity index (χ1) is 19.1. The van der Waals surface area contributed by atoms with E-state index >= 15 is 0 Å². The van der Waals surface area contributed by atoms with E-state index in [0.29, 0.717) is 44.5 Å². The number of likely N-dealkylation sites (N-methyl/N-ethyl adjacent to an activating group) is 1. The molecule has 4 rings (SSSR count). The second kappa shape index (κ2) is 12.8. The van der Waals surface area contributed by atoms with Gasteiger partial charge in [-0.1, -0.05) is 18.2 Å². The van der Waals surface area contributed by atoms with Gasteiger partial charge in [-0.25, -0.2) is 18.8 Å². The molecule has 0 aromatic heterocycles. The van der Waals surface area contributed by atoms with Crippen molar-refractivity contribution in [3.8, 4) is 0 Å². The fourth-order valence-electron chi connectivity index (χ4n) is 5.08. The largest absolute Gasteiger partial charge is 0.480 e. The number of nitrogens with zero attached hydrogens (tertiary/aromatic N) is 2. The van der Waals surface area contributed by atoms with Gasteiger partial charge in [-0.05, 0) is 80.3 Å². The Morgan fingerprint density at radius 2 is 1.80 bits per heavy atom. The number of hydrogen-bond donors (Lipinski definition) is 3. The molecule has 10 nitrogen and oxygen atoms in total. The highest BCUT2D eigenvalue weighted by Gasteiger charge is 2.30. The van der Waals surface area contributed by atoms with Gasteiger partial charge in [0, 0.05) is 32.2 Å². The van der Waals surface area contributed by atoms with E-state index in [1.807, 2.05) is 12.1 Å². The van der Waals surface area contributed by atoms with E-state index in [9.17, 15) is 23.6 Å². The number of anilines is 2. The van der Waals surface area contributed by atoms with Crippen LogP contribution in [0.15, 0.2) is 42.5 Å². The van der Waals surface area contributed by atoms with Crippen LogP contribution < -0.4 is 10.6 Å². The molecule has 1 saturated carbocycles. The number of carboxylic acid groups (broad SMARTS) is 1. The van der Waals surface area contributed by atoms with Crippen molar-refractivity contribution in [2.24, 2.45) is 5.92 Å².